The van der Waals surface area contributed by atoms with E-state index in [-0.39, 0.29) is 6.04 Å². The van der Waals surface area contributed by atoms with Crippen LogP contribution in [0.3, 0.4) is 0 Å². The second-order valence-electron chi connectivity index (χ2n) is 5.79. The summed E-state index contributed by atoms with van der Waals surface area (Å²) in [6.45, 7) is 0.506. The molecule has 0 amide bonds. The lowest BCUT2D eigenvalue weighted by atomic mass is 9.92. The first-order chi connectivity index (χ1) is 11.8. The highest BCUT2D eigenvalue weighted by atomic mass is 35.5. The fourth-order valence-electron chi connectivity index (χ4n) is 3.34. The molecule has 1 N–H and O–H groups in total. The van der Waals surface area contributed by atoms with Gasteiger partial charge in [0.05, 0.1) is 5.70 Å². The Balaban J connectivity index is 1.73. The second-order valence-corrected chi connectivity index (χ2v) is 6.23. The number of aromatic nitrogens is 3. The highest BCUT2D eigenvalue weighted by Gasteiger charge is 2.34. The topological polar surface area (TPSA) is 52.0 Å². The molecule has 2 aromatic carbocycles. The molecule has 0 aliphatic carbocycles. The van der Waals surface area contributed by atoms with Gasteiger partial charge >= 0.3 is 0 Å². The van der Waals surface area contributed by atoms with Gasteiger partial charge in [0.15, 0.2) is 0 Å². The Morgan fingerprint density at radius 3 is 2.83 bits per heavy atom. The SMILES string of the molecule is Clc1ccc([C@H]2C3=C(Nc4ncnn42)c2ccccc2OC3)cc1. The van der Waals surface area contributed by atoms with Crippen LogP contribution >= 0.6 is 11.6 Å². The summed E-state index contributed by atoms with van der Waals surface area (Å²) in [7, 11) is 0. The molecular weight excluding hydrogens is 324 g/mol. The van der Waals surface area contributed by atoms with Crippen molar-refractivity contribution in [1.29, 1.82) is 0 Å². The van der Waals surface area contributed by atoms with Gasteiger partial charge in [0.25, 0.3) is 0 Å². The summed E-state index contributed by atoms with van der Waals surface area (Å²) in [6.07, 6.45) is 1.57. The Morgan fingerprint density at radius 1 is 1.12 bits per heavy atom. The van der Waals surface area contributed by atoms with Crippen LogP contribution in [0.1, 0.15) is 17.2 Å². The van der Waals surface area contributed by atoms with Crippen LogP contribution in [0.5, 0.6) is 5.75 Å². The number of para-hydroxylation sites is 1. The van der Waals surface area contributed by atoms with Crippen molar-refractivity contribution in [2.24, 2.45) is 0 Å². The van der Waals surface area contributed by atoms with Crippen molar-refractivity contribution >= 4 is 23.2 Å². The molecule has 1 aromatic heterocycles. The van der Waals surface area contributed by atoms with Crippen molar-refractivity contribution < 1.29 is 4.74 Å². The first-order valence-electron chi connectivity index (χ1n) is 7.68. The first kappa shape index (κ1) is 13.6. The minimum Gasteiger partial charge on any atom is -0.488 e. The molecule has 1 atom stereocenters. The summed E-state index contributed by atoms with van der Waals surface area (Å²) >= 11 is 6.05. The van der Waals surface area contributed by atoms with Crippen molar-refractivity contribution in [3.8, 4) is 5.75 Å². The molecule has 5 rings (SSSR count). The Kier molecular flexibility index (Phi) is 2.90. The number of nitrogens with zero attached hydrogens (tertiary/aromatic N) is 3. The van der Waals surface area contributed by atoms with Crippen LogP contribution < -0.4 is 10.1 Å². The zero-order valence-corrected chi connectivity index (χ0v) is 13.4. The van der Waals surface area contributed by atoms with Crippen LogP contribution in [-0.2, 0) is 0 Å². The summed E-state index contributed by atoms with van der Waals surface area (Å²) < 4.78 is 7.86. The number of nitrogens with one attached hydrogen (secondary N) is 1. The molecule has 24 heavy (non-hydrogen) atoms. The normalized spacial score (nSPS) is 18.1. The summed E-state index contributed by atoms with van der Waals surface area (Å²) in [5.41, 5.74) is 4.33. The Morgan fingerprint density at radius 2 is 1.96 bits per heavy atom. The molecule has 0 saturated heterocycles. The number of hydrogen-bond acceptors (Lipinski definition) is 4. The fourth-order valence-corrected chi connectivity index (χ4v) is 3.46. The second kappa shape index (κ2) is 5.11. The van der Waals surface area contributed by atoms with Gasteiger partial charge in [-0.25, -0.2) is 4.68 Å². The van der Waals surface area contributed by atoms with Gasteiger partial charge in [-0.1, -0.05) is 35.9 Å². The molecule has 0 radical (unpaired) electrons. The standard InChI is InChI=1S/C18H13ClN4O/c19-12-7-5-11(6-8-12)17-14-9-24-15-4-2-1-3-13(15)16(14)22-18-20-10-21-23(17)18/h1-8,10,17H,9H2,(H,20,21,22)/t17-/m0/s1. The van der Waals surface area contributed by atoms with E-state index >= 15 is 0 Å². The summed E-state index contributed by atoms with van der Waals surface area (Å²) in [4.78, 5) is 4.35. The smallest absolute Gasteiger partial charge is 0.226 e. The van der Waals surface area contributed by atoms with E-state index in [9.17, 15) is 0 Å². The van der Waals surface area contributed by atoms with Gasteiger partial charge in [0, 0.05) is 16.2 Å². The van der Waals surface area contributed by atoms with E-state index < -0.39 is 0 Å². The molecule has 0 spiro atoms. The van der Waals surface area contributed by atoms with Crippen LogP contribution in [0.25, 0.3) is 5.70 Å². The van der Waals surface area contributed by atoms with Gasteiger partial charge in [-0.05, 0) is 29.8 Å². The number of halogens is 1. The van der Waals surface area contributed by atoms with E-state index in [1.807, 2.05) is 47.1 Å². The van der Waals surface area contributed by atoms with Crippen LogP contribution in [0.15, 0.2) is 60.4 Å². The zero-order chi connectivity index (χ0) is 16.1. The molecule has 3 heterocycles. The maximum Gasteiger partial charge on any atom is 0.226 e. The van der Waals surface area contributed by atoms with Crippen molar-refractivity contribution in [3.63, 3.8) is 0 Å². The summed E-state index contributed by atoms with van der Waals surface area (Å²) in [6, 6.07) is 15.8. The van der Waals surface area contributed by atoms with E-state index in [0.29, 0.717) is 11.6 Å². The van der Waals surface area contributed by atoms with Gasteiger partial charge in [-0.3, -0.25) is 0 Å². The molecule has 0 saturated carbocycles. The molecular formula is C18H13ClN4O. The third-order valence-electron chi connectivity index (χ3n) is 4.43. The molecule has 0 unspecified atom stereocenters. The molecule has 2 aliphatic heterocycles. The number of rotatable bonds is 1. The summed E-state index contributed by atoms with van der Waals surface area (Å²) in [5.74, 6) is 1.61. The number of benzene rings is 2. The molecule has 0 fully saturated rings. The van der Waals surface area contributed by atoms with Crippen molar-refractivity contribution in [2.45, 2.75) is 6.04 Å². The largest absolute Gasteiger partial charge is 0.488 e. The minimum absolute atomic E-state index is 0.0654. The molecule has 2 aliphatic rings. The number of fused-ring (bicyclic) bond motifs is 3. The lowest BCUT2D eigenvalue weighted by Crippen LogP contribution is -2.30. The zero-order valence-electron chi connectivity index (χ0n) is 12.6. The highest BCUT2D eigenvalue weighted by Crippen LogP contribution is 2.43. The number of ether oxygens (including phenoxy) is 1. The van der Waals surface area contributed by atoms with Gasteiger partial charge in [-0.15, -0.1) is 0 Å². The number of anilines is 1. The quantitative estimate of drug-likeness (QED) is 0.735. The molecule has 6 heteroatoms. The van der Waals surface area contributed by atoms with Crippen LogP contribution in [0, 0.1) is 0 Å². The molecule has 5 nitrogen and oxygen atoms in total. The van der Waals surface area contributed by atoms with Gasteiger partial charge in [0.2, 0.25) is 5.95 Å². The van der Waals surface area contributed by atoms with E-state index in [4.69, 9.17) is 16.3 Å². The first-order valence-corrected chi connectivity index (χ1v) is 8.06. The van der Waals surface area contributed by atoms with Crippen LogP contribution in [-0.4, -0.2) is 21.4 Å². The van der Waals surface area contributed by atoms with Crippen molar-refractivity contribution in [1.82, 2.24) is 14.8 Å². The Hall–Kier alpha value is -2.79. The van der Waals surface area contributed by atoms with Crippen molar-refractivity contribution in [3.05, 3.63) is 76.6 Å². The molecule has 3 aromatic rings. The van der Waals surface area contributed by atoms with Crippen LogP contribution in [0.4, 0.5) is 5.95 Å². The van der Waals surface area contributed by atoms with Gasteiger partial charge in [0.1, 0.15) is 24.7 Å². The van der Waals surface area contributed by atoms with E-state index in [0.717, 1.165) is 34.1 Å². The number of hydrogen-bond donors (Lipinski definition) is 1. The van der Waals surface area contributed by atoms with E-state index in [1.54, 1.807) is 6.33 Å². The van der Waals surface area contributed by atoms with Gasteiger partial charge < -0.3 is 10.1 Å². The maximum atomic E-state index is 6.05. The van der Waals surface area contributed by atoms with Crippen LogP contribution in [0.2, 0.25) is 5.02 Å². The van der Waals surface area contributed by atoms with E-state index in [1.165, 1.54) is 0 Å². The van der Waals surface area contributed by atoms with Gasteiger partial charge in [-0.2, -0.15) is 10.1 Å². The Bertz CT molecular complexity index is 961. The third kappa shape index (κ3) is 1.95. The third-order valence-corrected chi connectivity index (χ3v) is 4.68. The van der Waals surface area contributed by atoms with Crippen molar-refractivity contribution in [2.75, 3.05) is 11.9 Å². The fraction of sp³-hybridized carbons (Fsp3) is 0.111. The monoisotopic (exact) mass is 336 g/mol. The lowest BCUT2D eigenvalue weighted by molar-refractivity contribution is 0.328. The predicted molar refractivity (Wildman–Crippen MR) is 92.1 cm³/mol. The molecule has 118 valence electrons. The summed E-state index contributed by atoms with van der Waals surface area (Å²) in [5, 5.41) is 8.53. The average Bonchev–Trinajstić information content (AvgIpc) is 3.09. The predicted octanol–water partition coefficient (Wildman–Crippen LogP) is 3.75. The average molecular weight is 337 g/mol. The molecule has 0 bridgehead atoms. The van der Waals surface area contributed by atoms with E-state index in [2.05, 4.69) is 21.5 Å². The maximum absolute atomic E-state index is 6.05. The minimum atomic E-state index is -0.0654. The highest BCUT2D eigenvalue weighted by molar-refractivity contribution is 6.30. The lowest BCUT2D eigenvalue weighted by Gasteiger charge is -2.34. The Labute approximate surface area is 143 Å².